The molecule has 2 N–H and O–H groups in total. The summed E-state index contributed by atoms with van der Waals surface area (Å²) in [5, 5.41) is 4.17. The quantitative estimate of drug-likeness (QED) is 0.756. The topological polar surface area (TPSA) is 74.6 Å². The molecule has 2 heterocycles. The molecule has 2 aromatic heterocycles. The van der Waals surface area contributed by atoms with Gasteiger partial charge in [-0.25, -0.2) is 9.97 Å². The molecule has 0 aliphatic carbocycles. The zero-order valence-corrected chi connectivity index (χ0v) is 11.5. The standard InChI is InChI=1S/C14H18N6/c1-2-20-14(16-9-18-20)7-11(15)8-19-10-17-12-5-3-4-6-13(12)19/h3-6,9-11H,2,7-8,15H2,1H3. The van der Waals surface area contributed by atoms with E-state index in [1.807, 2.05) is 36.1 Å². The van der Waals surface area contributed by atoms with Gasteiger partial charge in [0.2, 0.25) is 0 Å². The van der Waals surface area contributed by atoms with Crippen LogP contribution in [0.15, 0.2) is 36.9 Å². The largest absolute Gasteiger partial charge is 0.329 e. The minimum Gasteiger partial charge on any atom is -0.329 e. The van der Waals surface area contributed by atoms with Crippen molar-refractivity contribution in [3.63, 3.8) is 0 Å². The molecule has 0 bridgehead atoms. The van der Waals surface area contributed by atoms with Crippen molar-refractivity contribution < 1.29 is 0 Å². The summed E-state index contributed by atoms with van der Waals surface area (Å²) in [6, 6.07) is 8.06. The monoisotopic (exact) mass is 270 g/mol. The van der Waals surface area contributed by atoms with E-state index < -0.39 is 0 Å². The van der Waals surface area contributed by atoms with Crippen LogP contribution < -0.4 is 5.73 Å². The van der Waals surface area contributed by atoms with Crippen LogP contribution in [0.1, 0.15) is 12.7 Å². The van der Waals surface area contributed by atoms with E-state index in [2.05, 4.69) is 25.7 Å². The number of nitrogens with zero attached hydrogens (tertiary/aromatic N) is 5. The van der Waals surface area contributed by atoms with Crippen molar-refractivity contribution in [2.75, 3.05) is 0 Å². The molecule has 0 amide bonds. The summed E-state index contributed by atoms with van der Waals surface area (Å²) >= 11 is 0. The second-order valence-electron chi connectivity index (χ2n) is 4.84. The number of benzene rings is 1. The maximum absolute atomic E-state index is 6.24. The lowest BCUT2D eigenvalue weighted by molar-refractivity contribution is 0.519. The summed E-state index contributed by atoms with van der Waals surface area (Å²) in [6.07, 6.45) is 4.13. The number of fused-ring (bicyclic) bond motifs is 1. The fraction of sp³-hybridized carbons (Fsp3) is 0.357. The van der Waals surface area contributed by atoms with Crippen LogP contribution >= 0.6 is 0 Å². The number of nitrogens with two attached hydrogens (primary N) is 1. The Bertz CT molecular complexity index is 698. The second kappa shape index (κ2) is 5.42. The van der Waals surface area contributed by atoms with Gasteiger partial charge in [-0.1, -0.05) is 12.1 Å². The number of imidazole rings is 1. The molecule has 6 heteroatoms. The summed E-state index contributed by atoms with van der Waals surface area (Å²) in [4.78, 5) is 8.64. The first-order valence-electron chi connectivity index (χ1n) is 6.80. The van der Waals surface area contributed by atoms with Gasteiger partial charge in [-0.2, -0.15) is 5.10 Å². The Labute approximate surface area is 117 Å². The predicted molar refractivity (Wildman–Crippen MR) is 77.1 cm³/mol. The second-order valence-corrected chi connectivity index (χ2v) is 4.84. The van der Waals surface area contributed by atoms with Crippen molar-refractivity contribution in [2.24, 2.45) is 5.73 Å². The van der Waals surface area contributed by atoms with E-state index >= 15 is 0 Å². The highest BCUT2D eigenvalue weighted by Gasteiger charge is 2.11. The Hall–Kier alpha value is -2.21. The van der Waals surface area contributed by atoms with E-state index in [1.165, 1.54) is 0 Å². The Balaban J connectivity index is 1.74. The average Bonchev–Trinajstić information content (AvgIpc) is 3.06. The maximum Gasteiger partial charge on any atom is 0.138 e. The molecule has 1 aromatic carbocycles. The van der Waals surface area contributed by atoms with Crippen molar-refractivity contribution >= 4 is 11.0 Å². The number of hydrogen-bond acceptors (Lipinski definition) is 4. The van der Waals surface area contributed by atoms with Crippen molar-refractivity contribution in [3.05, 3.63) is 42.7 Å². The molecule has 0 aliphatic heterocycles. The molecule has 0 spiro atoms. The zero-order chi connectivity index (χ0) is 13.9. The smallest absolute Gasteiger partial charge is 0.138 e. The van der Waals surface area contributed by atoms with E-state index in [-0.39, 0.29) is 6.04 Å². The molecule has 0 saturated heterocycles. The minimum atomic E-state index is -0.0119. The summed E-state index contributed by atoms with van der Waals surface area (Å²) in [5.74, 6) is 0.935. The van der Waals surface area contributed by atoms with Gasteiger partial charge in [0.15, 0.2) is 0 Å². The molecule has 104 valence electrons. The van der Waals surface area contributed by atoms with E-state index in [4.69, 9.17) is 5.73 Å². The van der Waals surface area contributed by atoms with Gasteiger partial charge in [-0.15, -0.1) is 0 Å². The number of para-hydroxylation sites is 2. The van der Waals surface area contributed by atoms with Gasteiger partial charge in [0.1, 0.15) is 12.2 Å². The summed E-state index contributed by atoms with van der Waals surface area (Å²) in [5.41, 5.74) is 8.35. The van der Waals surface area contributed by atoms with Crippen molar-refractivity contribution in [1.29, 1.82) is 0 Å². The minimum absolute atomic E-state index is 0.0119. The Morgan fingerprint density at radius 3 is 2.95 bits per heavy atom. The van der Waals surface area contributed by atoms with Crippen LogP contribution in [-0.2, 0) is 19.5 Å². The molecule has 6 nitrogen and oxygen atoms in total. The highest BCUT2D eigenvalue weighted by atomic mass is 15.3. The average molecular weight is 270 g/mol. The Morgan fingerprint density at radius 1 is 1.25 bits per heavy atom. The molecule has 0 aliphatic rings. The van der Waals surface area contributed by atoms with Crippen LogP contribution in [0.4, 0.5) is 0 Å². The maximum atomic E-state index is 6.24. The highest BCUT2D eigenvalue weighted by molar-refractivity contribution is 5.74. The lowest BCUT2D eigenvalue weighted by atomic mass is 10.2. The summed E-state index contributed by atoms with van der Waals surface area (Å²) in [6.45, 7) is 3.58. The number of aryl methyl sites for hydroxylation is 1. The molecule has 0 fully saturated rings. The summed E-state index contributed by atoms with van der Waals surface area (Å²) in [7, 11) is 0. The van der Waals surface area contributed by atoms with Crippen LogP contribution in [0.3, 0.4) is 0 Å². The van der Waals surface area contributed by atoms with Crippen molar-refractivity contribution in [3.8, 4) is 0 Å². The third-order valence-corrected chi connectivity index (χ3v) is 3.40. The van der Waals surface area contributed by atoms with Gasteiger partial charge in [0.05, 0.1) is 17.4 Å². The van der Waals surface area contributed by atoms with Gasteiger partial charge in [-0.3, -0.25) is 4.68 Å². The van der Waals surface area contributed by atoms with Crippen molar-refractivity contribution in [2.45, 2.75) is 32.5 Å². The first-order chi connectivity index (χ1) is 9.78. The van der Waals surface area contributed by atoms with Crippen LogP contribution in [0.2, 0.25) is 0 Å². The van der Waals surface area contributed by atoms with E-state index in [0.29, 0.717) is 6.42 Å². The molecule has 3 rings (SSSR count). The molecule has 1 unspecified atom stereocenters. The van der Waals surface area contributed by atoms with E-state index in [1.54, 1.807) is 6.33 Å². The fourth-order valence-electron chi connectivity index (χ4n) is 2.42. The molecule has 20 heavy (non-hydrogen) atoms. The van der Waals surface area contributed by atoms with Crippen LogP contribution in [0, 0.1) is 0 Å². The van der Waals surface area contributed by atoms with E-state index in [9.17, 15) is 0 Å². The molecule has 3 aromatic rings. The van der Waals surface area contributed by atoms with Gasteiger partial charge in [0.25, 0.3) is 0 Å². The Morgan fingerprint density at radius 2 is 2.10 bits per heavy atom. The SMILES string of the molecule is CCn1ncnc1CC(N)Cn1cnc2ccccc21. The zero-order valence-electron chi connectivity index (χ0n) is 11.5. The third kappa shape index (κ3) is 2.42. The van der Waals surface area contributed by atoms with Crippen LogP contribution in [0.25, 0.3) is 11.0 Å². The molecular formula is C14H18N6. The molecule has 0 saturated carbocycles. The normalized spacial score (nSPS) is 12.9. The van der Waals surface area contributed by atoms with Crippen LogP contribution in [0.5, 0.6) is 0 Å². The fourth-order valence-corrected chi connectivity index (χ4v) is 2.42. The van der Waals surface area contributed by atoms with Gasteiger partial charge < -0.3 is 10.3 Å². The Kier molecular flexibility index (Phi) is 3.47. The lowest BCUT2D eigenvalue weighted by Gasteiger charge is -2.13. The lowest BCUT2D eigenvalue weighted by Crippen LogP contribution is -2.29. The first-order valence-corrected chi connectivity index (χ1v) is 6.80. The summed E-state index contributed by atoms with van der Waals surface area (Å²) < 4.78 is 3.97. The first kappa shape index (κ1) is 12.8. The third-order valence-electron chi connectivity index (χ3n) is 3.40. The molecule has 0 radical (unpaired) electrons. The van der Waals surface area contributed by atoms with E-state index in [0.717, 1.165) is 29.9 Å². The number of aromatic nitrogens is 5. The van der Waals surface area contributed by atoms with Gasteiger partial charge in [-0.05, 0) is 19.1 Å². The van der Waals surface area contributed by atoms with Gasteiger partial charge in [0, 0.05) is 25.6 Å². The highest BCUT2D eigenvalue weighted by Crippen LogP contribution is 2.12. The number of rotatable bonds is 5. The molecular weight excluding hydrogens is 252 g/mol. The van der Waals surface area contributed by atoms with Crippen molar-refractivity contribution in [1.82, 2.24) is 24.3 Å². The molecule has 1 atom stereocenters. The predicted octanol–water partition coefficient (Wildman–Crippen LogP) is 1.22. The van der Waals surface area contributed by atoms with Gasteiger partial charge >= 0.3 is 0 Å². The van der Waals surface area contributed by atoms with Crippen LogP contribution in [-0.4, -0.2) is 30.4 Å². The number of hydrogen-bond donors (Lipinski definition) is 1.